The van der Waals surface area contributed by atoms with E-state index in [-0.39, 0.29) is 0 Å². The van der Waals surface area contributed by atoms with Crippen LogP contribution in [0.1, 0.15) is 0 Å². The molecule has 0 fully saturated rings. The zero-order chi connectivity index (χ0) is 13.4. The van der Waals surface area contributed by atoms with Gasteiger partial charge in [-0.25, -0.2) is 4.98 Å². The van der Waals surface area contributed by atoms with Crippen LogP contribution in [0.15, 0.2) is 40.9 Å². The van der Waals surface area contributed by atoms with Crippen molar-refractivity contribution in [3.63, 3.8) is 0 Å². The van der Waals surface area contributed by atoms with E-state index in [4.69, 9.17) is 16.3 Å². The van der Waals surface area contributed by atoms with Gasteiger partial charge in [-0.05, 0) is 30.3 Å². The second kappa shape index (κ2) is 5.12. The fraction of sp³-hybridized carbons (Fsp3) is 0.0714. The maximum absolute atomic E-state index is 6.03. The molecule has 3 aromatic rings. The third kappa shape index (κ3) is 2.48. The van der Waals surface area contributed by atoms with Crippen LogP contribution in [0.5, 0.6) is 5.88 Å². The van der Waals surface area contributed by atoms with Gasteiger partial charge in [0.05, 0.1) is 17.0 Å². The molecule has 0 spiro atoms. The van der Waals surface area contributed by atoms with Crippen LogP contribution in [0, 0.1) is 0 Å². The number of methoxy groups -OCH3 is 1. The number of hydrogen-bond acceptors (Lipinski definition) is 3. The zero-order valence-electron chi connectivity index (χ0n) is 9.98. The largest absolute Gasteiger partial charge is 0.481 e. The molecule has 0 bridgehead atoms. The van der Waals surface area contributed by atoms with E-state index in [1.165, 1.54) is 0 Å². The molecule has 0 radical (unpaired) electrons. The second-order valence-corrected chi connectivity index (χ2v) is 6.61. The van der Waals surface area contributed by atoms with Crippen LogP contribution < -0.4 is 4.74 Å². The molecule has 0 saturated carbocycles. The average molecular weight is 355 g/mol. The molecule has 0 aliphatic carbocycles. The van der Waals surface area contributed by atoms with Gasteiger partial charge in [-0.1, -0.05) is 27.5 Å². The highest BCUT2D eigenvalue weighted by atomic mass is 79.9. The molecule has 1 aromatic carbocycles. The van der Waals surface area contributed by atoms with E-state index in [0.29, 0.717) is 5.88 Å². The molecule has 2 heterocycles. The summed E-state index contributed by atoms with van der Waals surface area (Å²) in [5.74, 6) is 0.606. The quantitative estimate of drug-likeness (QED) is 0.615. The van der Waals surface area contributed by atoms with Crippen LogP contribution in [0.3, 0.4) is 0 Å². The van der Waals surface area contributed by atoms with Crippen LogP contribution in [0.4, 0.5) is 0 Å². The summed E-state index contributed by atoms with van der Waals surface area (Å²) >= 11 is 11.1. The first-order valence-electron chi connectivity index (χ1n) is 5.57. The highest BCUT2D eigenvalue weighted by molar-refractivity contribution is 9.10. The maximum Gasteiger partial charge on any atom is 0.214 e. The Labute approximate surface area is 128 Å². The van der Waals surface area contributed by atoms with Gasteiger partial charge in [0.1, 0.15) is 0 Å². The summed E-state index contributed by atoms with van der Waals surface area (Å²) in [6, 6.07) is 11.9. The minimum Gasteiger partial charge on any atom is -0.481 e. The topological polar surface area (TPSA) is 22.1 Å². The molecule has 2 nitrogen and oxygen atoms in total. The van der Waals surface area contributed by atoms with Crippen molar-refractivity contribution in [1.82, 2.24) is 4.98 Å². The molecule has 0 aliphatic rings. The minimum atomic E-state index is 0.606. The molecular formula is C14H9BrClNOS. The van der Waals surface area contributed by atoms with Crippen molar-refractivity contribution < 1.29 is 4.74 Å². The van der Waals surface area contributed by atoms with Crippen LogP contribution in [-0.2, 0) is 0 Å². The lowest BCUT2D eigenvalue weighted by Gasteiger charge is -2.08. The van der Waals surface area contributed by atoms with E-state index in [0.717, 1.165) is 30.2 Å². The molecule has 2 aromatic heterocycles. The second-order valence-electron chi connectivity index (χ2n) is 3.98. The molecule has 0 aliphatic heterocycles. The zero-order valence-corrected chi connectivity index (χ0v) is 13.1. The molecule has 0 saturated heterocycles. The van der Waals surface area contributed by atoms with Crippen molar-refractivity contribution in [3.8, 4) is 16.3 Å². The van der Waals surface area contributed by atoms with Crippen molar-refractivity contribution in [2.24, 2.45) is 0 Å². The molecule has 0 N–H and O–H groups in total. The summed E-state index contributed by atoms with van der Waals surface area (Å²) in [5, 5.41) is 1.08. The summed E-state index contributed by atoms with van der Waals surface area (Å²) < 4.78 is 7.07. The number of ether oxygens (including phenoxy) is 1. The SMILES string of the molecule is COc1cc(-c2ccc(Cl)s2)c2cc(Br)ccc2n1. The lowest BCUT2D eigenvalue weighted by Crippen LogP contribution is -1.90. The Morgan fingerprint density at radius 2 is 2.05 bits per heavy atom. The van der Waals surface area contributed by atoms with Gasteiger partial charge < -0.3 is 4.74 Å². The van der Waals surface area contributed by atoms with Gasteiger partial charge in [0.2, 0.25) is 5.88 Å². The van der Waals surface area contributed by atoms with Crippen molar-refractivity contribution in [1.29, 1.82) is 0 Å². The van der Waals surface area contributed by atoms with Gasteiger partial charge >= 0.3 is 0 Å². The number of pyridine rings is 1. The predicted molar refractivity (Wildman–Crippen MR) is 84.3 cm³/mol. The molecule has 0 amide bonds. The standard InChI is InChI=1S/C14H9BrClNOS/c1-18-14-7-10(12-4-5-13(16)19-12)9-6-8(15)2-3-11(9)17-14/h2-7H,1H3. The van der Waals surface area contributed by atoms with E-state index >= 15 is 0 Å². The van der Waals surface area contributed by atoms with Gasteiger partial charge in [0.25, 0.3) is 0 Å². The summed E-state index contributed by atoms with van der Waals surface area (Å²) in [6.45, 7) is 0. The van der Waals surface area contributed by atoms with Crippen molar-refractivity contribution >= 4 is 49.8 Å². The lowest BCUT2D eigenvalue weighted by atomic mass is 10.1. The minimum absolute atomic E-state index is 0.606. The fourth-order valence-corrected chi connectivity index (χ4v) is 3.38. The third-order valence-corrected chi connectivity index (χ3v) is 4.55. The first kappa shape index (κ1) is 12.9. The maximum atomic E-state index is 6.03. The van der Waals surface area contributed by atoms with Gasteiger partial charge in [-0.15, -0.1) is 11.3 Å². The van der Waals surface area contributed by atoms with Crippen LogP contribution in [-0.4, -0.2) is 12.1 Å². The van der Waals surface area contributed by atoms with E-state index in [1.54, 1.807) is 18.4 Å². The van der Waals surface area contributed by atoms with E-state index in [1.807, 2.05) is 30.3 Å². The normalized spacial score (nSPS) is 10.9. The first-order valence-corrected chi connectivity index (χ1v) is 7.56. The average Bonchev–Trinajstić information content (AvgIpc) is 2.84. The van der Waals surface area contributed by atoms with Gasteiger partial charge in [-0.2, -0.15) is 0 Å². The van der Waals surface area contributed by atoms with E-state index < -0.39 is 0 Å². The monoisotopic (exact) mass is 353 g/mol. The molecule has 96 valence electrons. The number of rotatable bonds is 2. The first-order chi connectivity index (χ1) is 9.17. The van der Waals surface area contributed by atoms with Gasteiger partial charge in [0, 0.05) is 26.4 Å². The molecule has 0 unspecified atom stereocenters. The van der Waals surface area contributed by atoms with E-state index in [2.05, 4.69) is 27.0 Å². The number of thiophene rings is 1. The Balaban J connectivity index is 2.34. The Hall–Kier alpha value is -1.10. The highest BCUT2D eigenvalue weighted by Gasteiger charge is 2.10. The molecule has 5 heteroatoms. The molecule has 0 atom stereocenters. The van der Waals surface area contributed by atoms with Gasteiger partial charge in [-0.3, -0.25) is 0 Å². The fourth-order valence-electron chi connectivity index (χ4n) is 1.94. The Morgan fingerprint density at radius 3 is 2.74 bits per heavy atom. The number of halogens is 2. The Morgan fingerprint density at radius 1 is 1.21 bits per heavy atom. The van der Waals surface area contributed by atoms with Gasteiger partial charge in [0.15, 0.2) is 0 Å². The molecule has 19 heavy (non-hydrogen) atoms. The summed E-state index contributed by atoms with van der Waals surface area (Å²) in [4.78, 5) is 5.56. The lowest BCUT2D eigenvalue weighted by molar-refractivity contribution is 0.400. The molecule has 3 rings (SSSR count). The molecular weight excluding hydrogens is 346 g/mol. The predicted octanol–water partition coefficient (Wildman–Crippen LogP) is 5.39. The number of nitrogens with zero attached hydrogens (tertiary/aromatic N) is 1. The summed E-state index contributed by atoms with van der Waals surface area (Å²) in [5.41, 5.74) is 1.99. The van der Waals surface area contributed by atoms with Crippen molar-refractivity contribution in [3.05, 3.63) is 45.2 Å². The number of aromatic nitrogens is 1. The number of hydrogen-bond donors (Lipinski definition) is 0. The van der Waals surface area contributed by atoms with Crippen LogP contribution >= 0.6 is 38.9 Å². The summed E-state index contributed by atoms with van der Waals surface area (Å²) in [6.07, 6.45) is 0. The Bertz CT molecular complexity index is 756. The van der Waals surface area contributed by atoms with Crippen molar-refractivity contribution in [2.45, 2.75) is 0 Å². The smallest absolute Gasteiger partial charge is 0.214 e. The summed E-state index contributed by atoms with van der Waals surface area (Å²) in [7, 11) is 1.62. The highest BCUT2D eigenvalue weighted by Crippen LogP contribution is 2.37. The van der Waals surface area contributed by atoms with Crippen molar-refractivity contribution in [2.75, 3.05) is 7.11 Å². The number of benzene rings is 1. The Kier molecular flexibility index (Phi) is 3.48. The number of fused-ring (bicyclic) bond motifs is 1. The third-order valence-electron chi connectivity index (χ3n) is 2.80. The van der Waals surface area contributed by atoms with E-state index in [9.17, 15) is 0 Å². The van der Waals surface area contributed by atoms with Crippen LogP contribution in [0.2, 0.25) is 4.34 Å². The van der Waals surface area contributed by atoms with Crippen LogP contribution in [0.25, 0.3) is 21.3 Å².